The number of ether oxygens (including phenoxy) is 1. The topological polar surface area (TPSA) is 47.3 Å². The minimum Gasteiger partial charge on any atom is -0.496 e. The average Bonchev–Trinajstić information content (AvgIpc) is 2.93. The molecular formula is C17H18N2O2. The van der Waals surface area contributed by atoms with Crippen molar-refractivity contribution in [2.45, 2.75) is 20.0 Å². The summed E-state index contributed by atoms with van der Waals surface area (Å²) < 4.78 is 10.6. The molecule has 3 aromatic rings. The molecule has 108 valence electrons. The van der Waals surface area contributed by atoms with Crippen LogP contribution in [0.5, 0.6) is 5.75 Å². The highest BCUT2D eigenvalue weighted by Gasteiger charge is 2.06. The number of fused-ring (bicyclic) bond motifs is 1. The summed E-state index contributed by atoms with van der Waals surface area (Å²) in [5.74, 6) is 1.76. The summed E-state index contributed by atoms with van der Waals surface area (Å²) in [7, 11) is 1.70. The van der Waals surface area contributed by atoms with E-state index in [4.69, 9.17) is 9.26 Å². The Morgan fingerprint density at radius 2 is 1.90 bits per heavy atom. The summed E-state index contributed by atoms with van der Waals surface area (Å²) in [6, 6.07) is 14.3. The molecule has 0 aliphatic heterocycles. The van der Waals surface area contributed by atoms with Crippen LogP contribution in [0.4, 0.5) is 0 Å². The summed E-state index contributed by atoms with van der Waals surface area (Å²) in [6.45, 7) is 3.36. The SMILES string of the molecule is COc1ccc(CNCc2cc(C)no2)c2ccccc12. The van der Waals surface area contributed by atoms with E-state index in [-0.39, 0.29) is 0 Å². The Hall–Kier alpha value is -2.33. The van der Waals surface area contributed by atoms with Crippen LogP contribution >= 0.6 is 0 Å². The first-order chi connectivity index (χ1) is 10.3. The zero-order chi connectivity index (χ0) is 14.7. The molecule has 0 amide bonds. The first kappa shape index (κ1) is 13.6. The molecule has 0 unspecified atom stereocenters. The zero-order valence-corrected chi connectivity index (χ0v) is 12.2. The molecule has 0 aliphatic carbocycles. The number of hydrogen-bond donors (Lipinski definition) is 1. The van der Waals surface area contributed by atoms with E-state index in [1.54, 1.807) is 7.11 Å². The molecule has 4 heteroatoms. The van der Waals surface area contributed by atoms with E-state index in [1.807, 2.05) is 31.2 Å². The van der Waals surface area contributed by atoms with Crippen LogP contribution in [-0.4, -0.2) is 12.3 Å². The van der Waals surface area contributed by atoms with Crippen molar-refractivity contribution in [1.29, 1.82) is 0 Å². The van der Waals surface area contributed by atoms with E-state index in [0.29, 0.717) is 6.54 Å². The lowest BCUT2D eigenvalue weighted by Gasteiger charge is -2.10. The lowest BCUT2D eigenvalue weighted by Crippen LogP contribution is -2.12. The highest BCUT2D eigenvalue weighted by atomic mass is 16.5. The second-order valence-electron chi connectivity index (χ2n) is 5.01. The molecule has 2 aromatic carbocycles. The number of benzene rings is 2. The molecule has 0 saturated heterocycles. The van der Waals surface area contributed by atoms with Gasteiger partial charge in [0.25, 0.3) is 0 Å². The molecule has 0 fully saturated rings. The van der Waals surface area contributed by atoms with Gasteiger partial charge in [-0.15, -0.1) is 0 Å². The summed E-state index contributed by atoms with van der Waals surface area (Å²) in [5.41, 5.74) is 2.14. The van der Waals surface area contributed by atoms with Crippen molar-refractivity contribution in [1.82, 2.24) is 10.5 Å². The van der Waals surface area contributed by atoms with Gasteiger partial charge in [0.15, 0.2) is 5.76 Å². The summed E-state index contributed by atoms with van der Waals surface area (Å²) in [6.07, 6.45) is 0. The van der Waals surface area contributed by atoms with Crippen molar-refractivity contribution < 1.29 is 9.26 Å². The van der Waals surface area contributed by atoms with Crippen LogP contribution in [0, 0.1) is 6.92 Å². The molecule has 0 atom stereocenters. The zero-order valence-electron chi connectivity index (χ0n) is 12.2. The lowest BCUT2D eigenvalue weighted by molar-refractivity contribution is 0.369. The highest BCUT2D eigenvalue weighted by Crippen LogP contribution is 2.28. The fourth-order valence-electron chi connectivity index (χ4n) is 2.49. The van der Waals surface area contributed by atoms with Crippen LogP contribution in [0.3, 0.4) is 0 Å². The van der Waals surface area contributed by atoms with Gasteiger partial charge in [-0.05, 0) is 23.9 Å². The first-order valence-corrected chi connectivity index (χ1v) is 6.95. The predicted molar refractivity (Wildman–Crippen MR) is 82.3 cm³/mol. The van der Waals surface area contributed by atoms with Crippen molar-refractivity contribution in [3.05, 3.63) is 59.5 Å². The number of rotatable bonds is 5. The maximum atomic E-state index is 5.42. The van der Waals surface area contributed by atoms with Crippen LogP contribution in [0.1, 0.15) is 17.0 Å². The molecule has 0 spiro atoms. The predicted octanol–water partition coefficient (Wildman–Crippen LogP) is 3.43. The molecule has 21 heavy (non-hydrogen) atoms. The molecule has 1 heterocycles. The van der Waals surface area contributed by atoms with Gasteiger partial charge in [0, 0.05) is 18.0 Å². The minimum atomic E-state index is 0.668. The van der Waals surface area contributed by atoms with Gasteiger partial charge in [0.1, 0.15) is 5.75 Å². The number of nitrogens with zero attached hydrogens (tertiary/aromatic N) is 1. The maximum Gasteiger partial charge on any atom is 0.150 e. The molecular weight excluding hydrogens is 264 g/mol. The van der Waals surface area contributed by atoms with E-state index in [9.17, 15) is 0 Å². The largest absolute Gasteiger partial charge is 0.496 e. The monoisotopic (exact) mass is 282 g/mol. The van der Waals surface area contributed by atoms with E-state index >= 15 is 0 Å². The molecule has 4 nitrogen and oxygen atoms in total. The molecule has 1 aromatic heterocycles. The highest BCUT2D eigenvalue weighted by molar-refractivity contribution is 5.91. The van der Waals surface area contributed by atoms with E-state index in [2.05, 4.69) is 28.7 Å². The molecule has 0 radical (unpaired) electrons. The quantitative estimate of drug-likeness (QED) is 0.778. The van der Waals surface area contributed by atoms with Crippen molar-refractivity contribution in [3.63, 3.8) is 0 Å². The minimum absolute atomic E-state index is 0.668. The first-order valence-electron chi connectivity index (χ1n) is 6.95. The van der Waals surface area contributed by atoms with Gasteiger partial charge >= 0.3 is 0 Å². The molecule has 0 aliphatic rings. The number of aryl methyl sites for hydroxylation is 1. The molecule has 3 rings (SSSR count). The third kappa shape index (κ3) is 2.90. The third-order valence-electron chi connectivity index (χ3n) is 3.49. The van der Waals surface area contributed by atoms with Crippen LogP contribution < -0.4 is 10.1 Å². The Morgan fingerprint density at radius 1 is 1.10 bits per heavy atom. The normalized spacial score (nSPS) is 11.0. The van der Waals surface area contributed by atoms with Crippen molar-refractivity contribution in [2.24, 2.45) is 0 Å². The Labute approximate surface area is 123 Å². The Morgan fingerprint density at radius 3 is 2.62 bits per heavy atom. The van der Waals surface area contributed by atoms with E-state index in [1.165, 1.54) is 10.9 Å². The lowest BCUT2D eigenvalue weighted by atomic mass is 10.0. The fourth-order valence-corrected chi connectivity index (χ4v) is 2.49. The molecule has 1 N–H and O–H groups in total. The number of methoxy groups -OCH3 is 1. The smallest absolute Gasteiger partial charge is 0.150 e. The van der Waals surface area contributed by atoms with Gasteiger partial charge in [-0.2, -0.15) is 0 Å². The van der Waals surface area contributed by atoms with Gasteiger partial charge in [-0.3, -0.25) is 0 Å². The Bertz CT molecular complexity index is 749. The molecule has 0 saturated carbocycles. The molecule has 0 bridgehead atoms. The van der Waals surface area contributed by atoms with Crippen molar-refractivity contribution in [3.8, 4) is 5.75 Å². The Kier molecular flexibility index (Phi) is 3.88. The Balaban J connectivity index is 1.78. The van der Waals surface area contributed by atoms with E-state index in [0.717, 1.165) is 29.1 Å². The fraction of sp³-hybridized carbons (Fsp3) is 0.235. The van der Waals surface area contributed by atoms with Crippen LogP contribution in [0.2, 0.25) is 0 Å². The van der Waals surface area contributed by atoms with E-state index < -0.39 is 0 Å². The van der Waals surface area contributed by atoms with Crippen LogP contribution in [0.15, 0.2) is 47.0 Å². The van der Waals surface area contributed by atoms with Gasteiger partial charge < -0.3 is 14.6 Å². The van der Waals surface area contributed by atoms with Gasteiger partial charge in [-0.1, -0.05) is 35.5 Å². The van der Waals surface area contributed by atoms with Gasteiger partial charge in [0.2, 0.25) is 0 Å². The van der Waals surface area contributed by atoms with Gasteiger partial charge in [0.05, 0.1) is 19.3 Å². The number of hydrogen-bond acceptors (Lipinski definition) is 4. The second-order valence-corrected chi connectivity index (χ2v) is 5.01. The van der Waals surface area contributed by atoms with Crippen molar-refractivity contribution in [2.75, 3.05) is 7.11 Å². The van der Waals surface area contributed by atoms with Crippen LogP contribution in [-0.2, 0) is 13.1 Å². The maximum absolute atomic E-state index is 5.42. The van der Waals surface area contributed by atoms with Crippen LogP contribution in [0.25, 0.3) is 10.8 Å². The average molecular weight is 282 g/mol. The third-order valence-corrected chi connectivity index (χ3v) is 3.49. The number of aromatic nitrogens is 1. The second kappa shape index (κ2) is 5.97. The number of nitrogens with one attached hydrogen (secondary N) is 1. The summed E-state index contributed by atoms with van der Waals surface area (Å²) >= 11 is 0. The summed E-state index contributed by atoms with van der Waals surface area (Å²) in [4.78, 5) is 0. The standard InChI is InChI=1S/C17H18N2O2/c1-12-9-14(21-19-12)11-18-10-13-7-8-17(20-2)16-6-4-3-5-15(13)16/h3-9,18H,10-11H2,1-2H3. The van der Waals surface area contributed by atoms with Gasteiger partial charge in [-0.25, -0.2) is 0 Å². The summed E-state index contributed by atoms with van der Waals surface area (Å²) in [5, 5.41) is 9.61. The van der Waals surface area contributed by atoms with Crippen molar-refractivity contribution >= 4 is 10.8 Å².